The summed E-state index contributed by atoms with van der Waals surface area (Å²) in [4.78, 5) is 14.8. The van der Waals surface area contributed by atoms with Crippen molar-refractivity contribution in [3.8, 4) is 5.75 Å². The molecule has 0 saturated heterocycles. The van der Waals surface area contributed by atoms with E-state index in [1.165, 1.54) is 11.8 Å². The maximum atomic E-state index is 10.4. The molecule has 0 spiro atoms. The van der Waals surface area contributed by atoms with E-state index in [1.54, 1.807) is 18.4 Å². The van der Waals surface area contributed by atoms with Gasteiger partial charge in [0.15, 0.2) is 4.34 Å². The van der Waals surface area contributed by atoms with Gasteiger partial charge in [-0.2, -0.15) is 0 Å². The predicted molar refractivity (Wildman–Crippen MR) is 69.1 cm³/mol. The molecule has 4 nitrogen and oxygen atoms in total. The van der Waals surface area contributed by atoms with E-state index >= 15 is 0 Å². The second-order valence-electron chi connectivity index (χ2n) is 3.31. The Morgan fingerprint density at radius 1 is 1.59 bits per heavy atom. The van der Waals surface area contributed by atoms with Gasteiger partial charge >= 0.3 is 5.97 Å². The highest BCUT2D eigenvalue weighted by molar-refractivity contribution is 8.01. The summed E-state index contributed by atoms with van der Waals surface area (Å²) in [5.41, 5.74) is 0.896. The second-order valence-corrected chi connectivity index (χ2v) is 5.68. The number of hydrogen-bond donors (Lipinski definition) is 1. The van der Waals surface area contributed by atoms with Crippen molar-refractivity contribution in [2.24, 2.45) is 0 Å². The number of hydrogen-bond acceptors (Lipinski definition) is 5. The molecule has 1 aromatic carbocycles. The minimum Gasteiger partial charge on any atom is -0.497 e. The van der Waals surface area contributed by atoms with Gasteiger partial charge in [-0.1, -0.05) is 11.8 Å². The Hall–Kier alpha value is -1.27. The van der Waals surface area contributed by atoms with Gasteiger partial charge in [0, 0.05) is 11.8 Å². The molecule has 6 heteroatoms. The Bertz CT molecular complexity index is 538. The Morgan fingerprint density at radius 3 is 3.12 bits per heavy atom. The molecular formula is C11H11NO3S2. The van der Waals surface area contributed by atoms with Gasteiger partial charge in [0.25, 0.3) is 0 Å². The number of methoxy groups -OCH3 is 1. The lowest BCUT2D eigenvalue weighted by Crippen LogP contribution is -1.95. The smallest absolute Gasteiger partial charge is 0.304 e. The number of rotatable bonds is 5. The number of carboxylic acids is 1. The molecule has 2 aromatic rings. The van der Waals surface area contributed by atoms with Crippen LogP contribution in [0.3, 0.4) is 0 Å². The molecule has 0 aliphatic carbocycles. The maximum absolute atomic E-state index is 10.4. The molecule has 0 unspecified atom stereocenters. The van der Waals surface area contributed by atoms with E-state index in [-0.39, 0.29) is 6.42 Å². The van der Waals surface area contributed by atoms with Crippen molar-refractivity contribution in [1.82, 2.24) is 4.98 Å². The van der Waals surface area contributed by atoms with Crippen molar-refractivity contribution in [1.29, 1.82) is 0 Å². The van der Waals surface area contributed by atoms with E-state index in [0.29, 0.717) is 5.75 Å². The Labute approximate surface area is 107 Å². The van der Waals surface area contributed by atoms with Gasteiger partial charge in [-0.25, -0.2) is 4.98 Å². The molecule has 90 valence electrons. The third-order valence-corrected chi connectivity index (χ3v) is 4.30. The van der Waals surface area contributed by atoms with Crippen molar-refractivity contribution >= 4 is 39.3 Å². The first-order valence-electron chi connectivity index (χ1n) is 4.98. The molecule has 1 aromatic heterocycles. The third-order valence-electron chi connectivity index (χ3n) is 2.12. The molecule has 0 radical (unpaired) electrons. The molecule has 0 aliphatic heterocycles. The number of carbonyl (C=O) groups is 1. The number of aromatic nitrogens is 1. The first-order valence-corrected chi connectivity index (χ1v) is 6.78. The van der Waals surface area contributed by atoms with Crippen LogP contribution in [0.4, 0.5) is 0 Å². The molecular weight excluding hydrogens is 258 g/mol. The number of fused-ring (bicyclic) bond motifs is 1. The quantitative estimate of drug-likeness (QED) is 0.846. The van der Waals surface area contributed by atoms with Gasteiger partial charge in [0.1, 0.15) is 5.75 Å². The van der Waals surface area contributed by atoms with Crippen LogP contribution < -0.4 is 4.74 Å². The molecule has 0 atom stereocenters. The summed E-state index contributed by atoms with van der Waals surface area (Å²) in [6.07, 6.45) is 0.157. The van der Waals surface area contributed by atoms with E-state index in [1.807, 2.05) is 18.2 Å². The summed E-state index contributed by atoms with van der Waals surface area (Å²) in [6, 6.07) is 5.74. The van der Waals surface area contributed by atoms with E-state index in [2.05, 4.69) is 4.98 Å². The SMILES string of the molecule is COc1ccc2sc(SCCC(=O)O)nc2c1. The van der Waals surface area contributed by atoms with Gasteiger partial charge in [-0.05, 0) is 12.1 Å². The zero-order valence-corrected chi connectivity index (χ0v) is 10.8. The number of carboxylic acid groups (broad SMARTS) is 1. The number of nitrogens with zero attached hydrogens (tertiary/aromatic N) is 1. The highest BCUT2D eigenvalue weighted by atomic mass is 32.2. The molecule has 0 amide bonds. The molecule has 0 bridgehead atoms. The van der Waals surface area contributed by atoms with E-state index in [0.717, 1.165) is 20.3 Å². The summed E-state index contributed by atoms with van der Waals surface area (Å²) in [7, 11) is 1.62. The van der Waals surface area contributed by atoms with Crippen LogP contribution in [0.5, 0.6) is 5.75 Å². The minimum atomic E-state index is -0.778. The van der Waals surface area contributed by atoms with E-state index < -0.39 is 5.97 Å². The zero-order chi connectivity index (χ0) is 12.3. The molecule has 0 fully saturated rings. The van der Waals surface area contributed by atoms with Gasteiger partial charge in [0.2, 0.25) is 0 Å². The van der Waals surface area contributed by atoms with Crippen molar-refractivity contribution in [2.45, 2.75) is 10.8 Å². The summed E-state index contributed by atoms with van der Waals surface area (Å²) in [6.45, 7) is 0. The minimum absolute atomic E-state index is 0.157. The molecule has 17 heavy (non-hydrogen) atoms. The fourth-order valence-corrected chi connectivity index (χ4v) is 3.35. The van der Waals surface area contributed by atoms with Crippen LogP contribution in [0.15, 0.2) is 22.5 Å². The second kappa shape index (κ2) is 5.37. The predicted octanol–water partition coefficient (Wildman–Crippen LogP) is 2.87. The van der Waals surface area contributed by atoms with E-state index in [4.69, 9.17) is 9.84 Å². The Morgan fingerprint density at radius 2 is 2.41 bits per heavy atom. The molecule has 1 N–H and O–H groups in total. The molecule has 1 heterocycles. The fraction of sp³-hybridized carbons (Fsp3) is 0.273. The zero-order valence-electron chi connectivity index (χ0n) is 9.17. The van der Waals surface area contributed by atoms with Crippen LogP contribution in [-0.4, -0.2) is 28.9 Å². The average molecular weight is 269 g/mol. The van der Waals surface area contributed by atoms with Gasteiger partial charge in [-0.15, -0.1) is 11.3 Å². The number of thioether (sulfide) groups is 1. The van der Waals surface area contributed by atoms with Crippen molar-refractivity contribution < 1.29 is 14.6 Å². The van der Waals surface area contributed by atoms with Crippen molar-refractivity contribution in [2.75, 3.05) is 12.9 Å². The normalized spacial score (nSPS) is 10.6. The molecule has 2 rings (SSSR count). The summed E-state index contributed by atoms with van der Waals surface area (Å²) in [5, 5.41) is 8.55. The summed E-state index contributed by atoms with van der Waals surface area (Å²) >= 11 is 3.05. The van der Waals surface area contributed by atoms with E-state index in [9.17, 15) is 4.79 Å². The number of thiazole rings is 1. The Balaban J connectivity index is 2.11. The van der Waals surface area contributed by atoms with Gasteiger partial charge in [0.05, 0.1) is 23.7 Å². The number of benzene rings is 1. The van der Waals surface area contributed by atoms with Crippen molar-refractivity contribution in [3.05, 3.63) is 18.2 Å². The summed E-state index contributed by atoms with van der Waals surface area (Å²) in [5.74, 6) is 0.553. The standard InChI is InChI=1S/C11H11NO3S2/c1-15-7-2-3-9-8(6-7)12-11(17-9)16-5-4-10(13)14/h2-3,6H,4-5H2,1H3,(H,13,14). The lowest BCUT2D eigenvalue weighted by molar-refractivity contribution is -0.136. The first kappa shape index (κ1) is 12.2. The Kier molecular flexibility index (Phi) is 3.86. The highest BCUT2D eigenvalue weighted by Gasteiger charge is 2.06. The number of aliphatic carboxylic acids is 1. The molecule has 0 aliphatic rings. The van der Waals surface area contributed by atoms with Crippen LogP contribution in [0.2, 0.25) is 0 Å². The first-order chi connectivity index (χ1) is 8.19. The van der Waals surface area contributed by atoms with Crippen LogP contribution in [-0.2, 0) is 4.79 Å². The van der Waals surface area contributed by atoms with Crippen molar-refractivity contribution in [3.63, 3.8) is 0 Å². The van der Waals surface area contributed by atoms with Gasteiger partial charge < -0.3 is 9.84 Å². The largest absolute Gasteiger partial charge is 0.497 e. The van der Waals surface area contributed by atoms with Crippen LogP contribution in [0.25, 0.3) is 10.2 Å². The van der Waals surface area contributed by atoms with Crippen LogP contribution in [0, 0.1) is 0 Å². The highest BCUT2D eigenvalue weighted by Crippen LogP contribution is 2.31. The van der Waals surface area contributed by atoms with Crippen LogP contribution >= 0.6 is 23.1 Å². The fourth-order valence-electron chi connectivity index (χ4n) is 1.30. The lowest BCUT2D eigenvalue weighted by Gasteiger charge is -1.96. The maximum Gasteiger partial charge on any atom is 0.304 e. The average Bonchev–Trinajstić information content (AvgIpc) is 2.69. The molecule has 0 saturated carbocycles. The number of ether oxygens (including phenoxy) is 1. The van der Waals surface area contributed by atoms with Gasteiger partial charge in [-0.3, -0.25) is 4.79 Å². The third kappa shape index (κ3) is 3.10. The lowest BCUT2D eigenvalue weighted by atomic mass is 10.3. The topological polar surface area (TPSA) is 59.4 Å². The summed E-state index contributed by atoms with van der Waals surface area (Å²) < 4.78 is 7.11. The van der Waals surface area contributed by atoms with Crippen LogP contribution in [0.1, 0.15) is 6.42 Å². The monoisotopic (exact) mass is 269 g/mol.